The fraction of sp³-hybridized carbons (Fsp3) is 0.100. The molecule has 28 heavy (non-hydrogen) atoms. The summed E-state index contributed by atoms with van der Waals surface area (Å²) in [6, 6.07) is 17.1. The number of rotatable bonds is 5. The van der Waals surface area contributed by atoms with E-state index in [1.165, 1.54) is 6.07 Å². The Labute approximate surface area is 162 Å². The predicted octanol–water partition coefficient (Wildman–Crippen LogP) is 3.07. The zero-order valence-electron chi connectivity index (χ0n) is 15.3. The number of sulfonamides is 1. The summed E-state index contributed by atoms with van der Waals surface area (Å²) in [5.74, 6) is -0.678. The maximum Gasteiger partial charge on any atom is 0.275 e. The number of nitrogens with one attached hydrogen (secondary N) is 2. The molecule has 1 amide bonds. The van der Waals surface area contributed by atoms with Crippen LogP contribution in [-0.4, -0.2) is 31.4 Å². The maximum absolute atomic E-state index is 12.6. The Morgan fingerprint density at radius 3 is 2.54 bits per heavy atom. The van der Waals surface area contributed by atoms with E-state index in [1.807, 2.05) is 12.1 Å². The van der Waals surface area contributed by atoms with Crippen molar-refractivity contribution in [3.05, 3.63) is 71.8 Å². The Hall–Kier alpha value is -3.39. The molecular weight excluding hydrogens is 378 g/mol. The van der Waals surface area contributed by atoms with Gasteiger partial charge < -0.3 is 5.11 Å². The van der Waals surface area contributed by atoms with Gasteiger partial charge in [-0.1, -0.05) is 42.5 Å². The van der Waals surface area contributed by atoms with Crippen LogP contribution in [0.1, 0.15) is 22.8 Å². The zero-order chi connectivity index (χ0) is 20.3. The van der Waals surface area contributed by atoms with Gasteiger partial charge in [0.15, 0.2) is 0 Å². The maximum atomic E-state index is 12.6. The molecule has 3 N–H and O–H groups in total. The number of benzene rings is 3. The molecular formula is C20H19N3O4S. The van der Waals surface area contributed by atoms with Gasteiger partial charge in [0.1, 0.15) is 5.75 Å². The van der Waals surface area contributed by atoms with Crippen molar-refractivity contribution >= 4 is 38.1 Å². The minimum atomic E-state index is -3.39. The van der Waals surface area contributed by atoms with Gasteiger partial charge in [-0.15, -0.1) is 0 Å². The third-order valence-corrected chi connectivity index (χ3v) is 4.65. The molecule has 0 heterocycles. The molecule has 3 aromatic rings. The van der Waals surface area contributed by atoms with E-state index >= 15 is 0 Å². The van der Waals surface area contributed by atoms with E-state index < -0.39 is 15.9 Å². The number of fused-ring (bicyclic) bond motifs is 1. The molecule has 3 rings (SSSR count). The third-order valence-electron chi connectivity index (χ3n) is 4.04. The van der Waals surface area contributed by atoms with Crippen molar-refractivity contribution in [3.8, 4) is 5.75 Å². The Balaban J connectivity index is 1.85. The Kier molecular flexibility index (Phi) is 5.32. The van der Waals surface area contributed by atoms with Crippen molar-refractivity contribution in [3.63, 3.8) is 0 Å². The smallest absolute Gasteiger partial charge is 0.275 e. The number of hydrogen-bond donors (Lipinski definition) is 3. The summed E-state index contributed by atoms with van der Waals surface area (Å²) in [4.78, 5) is 12.6. The average Bonchev–Trinajstić information content (AvgIpc) is 2.64. The molecule has 0 unspecified atom stereocenters. The molecule has 0 bridgehead atoms. The first-order chi connectivity index (χ1) is 13.2. The van der Waals surface area contributed by atoms with Crippen molar-refractivity contribution in [2.75, 3.05) is 11.0 Å². The second-order valence-corrected chi connectivity index (χ2v) is 8.02. The van der Waals surface area contributed by atoms with Gasteiger partial charge in [0.25, 0.3) is 5.91 Å². The molecule has 144 valence electrons. The van der Waals surface area contributed by atoms with Gasteiger partial charge in [-0.05, 0) is 41.5 Å². The normalized spacial score (nSPS) is 12.0. The highest BCUT2D eigenvalue weighted by molar-refractivity contribution is 7.92. The second-order valence-electron chi connectivity index (χ2n) is 6.27. The van der Waals surface area contributed by atoms with Crippen LogP contribution in [0.15, 0.2) is 65.8 Å². The number of aromatic hydroxyl groups is 1. The molecule has 0 fully saturated rings. The quantitative estimate of drug-likeness (QED) is 0.454. The Morgan fingerprint density at radius 2 is 1.79 bits per heavy atom. The molecule has 0 radical (unpaired) electrons. The van der Waals surface area contributed by atoms with Crippen LogP contribution in [-0.2, 0) is 10.0 Å². The molecule has 3 aromatic carbocycles. The summed E-state index contributed by atoms with van der Waals surface area (Å²) in [6.07, 6.45) is 1.07. The van der Waals surface area contributed by atoms with Crippen LogP contribution < -0.4 is 10.1 Å². The number of carbonyl (C=O) groups is 1. The lowest BCUT2D eigenvalue weighted by atomic mass is 10.0. The van der Waals surface area contributed by atoms with E-state index in [1.54, 1.807) is 49.4 Å². The van der Waals surface area contributed by atoms with E-state index in [0.717, 1.165) is 11.6 Å². The van der Waals surface area contributed by atoms with Gasteiger partial charge in [0.05, 0.1) is 17.5 Å². The number of hydrogen-bond acceptors (Lipinski definition) is 5. The summed E-state index contributed by atoms with van der Waals surface area (Å²) in [5.41, 5.74) is 4.10. The number of nitrogens with zero attached hydrogens (tertiary/aromatic N) is 1. The van der Waals surface area contributed by atoms with Crippen LogP contribution in [0.25, 0.3) is 10.8 Å². The van der Waals surface area contributed by atoms with Crippen molar-refractivity contribution < 1.29 is 18.3 Å². The predicted molar refractivity (Wildman–Crippen MR) is 110 cm³/mol. The molecule has 0 spiro atoms. The summed E-state index contributed by atoms with van der Waals surface area (Å²) >= 11 is 0. The molecule has 7 nitrogen and oxygen atoms in total. The topological polar surface area (TPSA) is 108 Å². The summed E-state index contributed by atoms with van der Waals surface area (Å²) in [6.45, 7) is 1.68. The number of amides is 1. The first-order valence-corrected chi connectivity index (χ1v) is 10.3. The largest absolute Gasteiger partial charge is 0.507 e. The highest BCUT2D eigenvalue weighted by Crippen LogP contribution is 2.26. The lowest BCUT2D eigenvalue weighted by Crippen LogP contribution is -2.20. The Bertz CT molecular complexity index is 1190. The van der Waals surface area contributed by atoms with Crippen LogP contribution in [0.2, 0.25) is 0 Å². The van der Waals surface area contributed by atoms with Crippen molar-refractivity contribution in [2.45, 2.75) is 6.92 Å². The zero-order valence-corrected chi connectivity index (χ0v) is 16.1. The number of phenolic OH excluding ortho intramolecular Hbond substituents is 1. The van der Waals surface area contributed by atoms with E-state index in [9.17, 15) is 18.3 Å². The summed E-state index contributed by atoms with van der Waals surface area (Å²) < 4.78 is 25.1. The standard InChI is InChI=1S/C20H19N3O4S/c1-13(15-7-5-8-16(12-15)23-28(2,26)27)21-22-20(25)19-17-9-4-3-6-14(17)10-11-18(19)24/h3-12,23-24H,1-2H3,(H,22,25)/b21-13-. The second kappa shape index (κ2) is 7.69. The number of carbonyl (C=O) groups excluding carboxylic acids is 1. The van der Waals surface area contributed by atoms with E-state index in [4.69, 9.17) is 0 Å². The van der Waals surface area contributed by atoms with Crippen molar-refractivity contribution in [2.24, 2.45) is 5.10 Å². The van der Waals surface area contributed by atoms with Crippen LogP contribution >= 0.6 is 0 Å². The summed E-state index contributed by atoms with van der Waals surface area (Å²) in [7, 11) is -3.39. The highest BCUT2D eigenvalue weighted by Gasteiger charge is 2.15. The van der Waals surface area contributed by atoms with Gasteiger partial charge >= 0.3 is 0 Å². The molecule has 0 saturated carbocycles. The number of anilines is 1. The monoisotopic (exact) mass is 397 g/mol. The van der Waals surface area contributed by atoms with Gasteiger partial charge in [-0.3, -0.25) is 9.52 Å². The van der Waals surface area contributed by atoms with Crippen LogP contribution in [0, 0.1) is 0 Å². The van der Waals surface area contributed by atoms with Crippen molar-refractivity contribution in [1.29, 1.82) is 0 Å². The molecule has 0 aliphatic heterocycles. The van der Waals surface area contributed by atoms with Gasteiger partial charge in [0.2, 0.25) is 10.0 Å². The molecule has 0 aliphatic carbocycles. The van der Waals surface area contributed by atoms with E-state index in [2.05, 4.69) is 15.2 Å². The van der Waals surface area contributed by atoms with Crippen LogP contribution in [0.4, 0.5) is 5.69 Å². The molecule has 0 aromatic heterocycles. The minimum absolute atomic E-state index is 0.136. The fourth-order valence-electron chi connectivity index (χ4n) is 2.78. The van der Waals surface area contributed by atoms with Gasteiger partial charge in [-0.25, -0.2) is 13.8 Å². The SMILES string of the molecule is C/C(=N/NC(=O)c1c(O)ccc2ccccc12)c1cccc(NS(C)(=O)=O)c1. The molecule has 0 saturated heterocycles. The Morgan fingerprint density at radius 1 is 1.04 bits per heavy atom. The third kappa shape index (κ3) is 4.47. The average molecular weight is 397 g/mol. The van der Waals surface area contributed by atoms with Gasteiger partial charge in [0, 0.05) is 5.69 Å². The van der Waals surface area contributed by atoms with Gasteiger partial charge in [-0.2, -0.15) is 5.10 Å². The lowest BCUT2D eigenvalue weighted by molar-refractivity contribution is 0.0954. The number of hydrazone groups is 1. The highest BCUT2D eigenvalue weighted by atomic mass is 32.2. The molecule has 0 atom stereocenters. The first-order valence-electron chi connectivity index (χ1n) is 8.38. The number of phenols is 1. The first kappa shape index (κ1) is 19.4. The van der Waals surface area contributed by atoms with E-state index in [-0.39, 0.29) is 11.3 Å². The lowest BCUT2D eigenvalue weighted by Gasteiger charge is -2.09. The fourth-order valence-corrected chi connectivity index (χ4v) is 3.33. The molecule has 0 aliphatic rings. The van der Waals surface area contributed by atoms with Crippen LogP contribution in [0.5, 0.6) is 5.75 Å². The van der Waals surface area contributed by atoms with Crippen LogP contribution in [0.3, 0.4) is 0 Å². The molecule has 8 heteroatoms. The van der Waals surface area contributed by atoms with Crippen molar-refractivity contribution in [1.82, 2.24) is 5.43 Å². The minimum Gasteiger partial charge on any atom is -0.507 e. The van der Waals surface area contributed by atoms with E-state index in [0.29, 0.717) is 22.3 Å². The summed E-state index contributed by atoms with van der Waals surface area (Å²) in [5, 5.41) is 15.7.